The predicted octanol–water partition coefficient (Wildman–Crippen LogP) is 10.3. The Morgan fingerprint density at radius 3 is 2.00 bits per heavy atom. The molecule has 0 aliphatic carbocycles. The van der Waals surface area contributed by atoms with E-state index in [1.807, 2.05) is 13.0 Å². The summed E-state index contributed by atoms with van der Waals surface area (Å²) in [6.07, 6.45) is 24.5. The molecule has 3 heterocycles. The number of aromatic nitrogens is 3. The molecule has 0 saturated carbocycles. The van der Waals surface area contributed by atoms with E-state index in [4.69, 9.17) is 28.0 Å². The minimum absolute atomic E-state index is 0.178. The Morgan fingerprint density at radius 1 is 0.783 bits per heavy atom. The van der Waals surface area contributed by atoms with Crippen molar-refractivity contribution in [1.82, 2.24) is 10.3 Å². The van der Waals surface area contributed by atoms with E-state index in [1.54, 1.807) is 36.5 Å². The highest BCUT2D eigenvalue weighted by molar-refractivity contribution is 7.85. The molecular weight excluding hydrogens is 807 g/mol. The number of nitrogens with zero attached hydrogens (tertiary/aromatic N) is 3. The predicted molar refractivity (Wildman–Crippen MR) is 230 cm³/mol. The lowest BCUT2D eigenvalue weighted by Crippen LogP contribution is -2.32. The summed E-state index contributed by atoms with van der Waals surface area (Å²) in [6.45, 7) is 9.03. The zero-order valence-electron chi connectivity index (χ0n) is 36.4. The molecule has 0 bridgehead atoms. The van der Waals surface area contributed by atoms with Crippen LogP contribution in [-0.4, -0.2) is 61.3 Å². The molecule has 13 nitrogen and oxygen atoms in total. The summed E-state index contributed by atoms with van der Waals surface area (Å²) < 4.78 is 67.6. The molecule has 4 aromatic rings. The van der Waals surface area contributed by atoms with Gasteiger partial charge in [-0.25, -0.2) is 8.42 Å². The van der Waals surface area contributed by atoms with E-state index < -0.39 is 16.2 Å². The summed E-state index contributed by atoms with van der Waals surface area (Å²) in [7, 11) is -4.27. The number of rotatable bonds is 32. The maximum Gasteiger partial charge on any atom is 0.302 e. The van der Waals surface area contributed by atoms with E-state index in [0.29, 0.717) is 17.5 Å². The van der Waals surface area contributed by atoms with Crippen molar-refractivity contribution >= 4 is 27.4 Å². The Hall–Kier alpha value is -3.79. The molecule has 0 radical (unpaired) electrons. The van der Waals surface area contributed by atoms with Gasteiger partial charge in [-0.05, 0) is 62.0 Å². The molecule has 3 aromatic heterocycles. The van der Waals surface area contributed by atoms with Crippen LogP contribution in [-0.2, 0) is 37.4 Å². The van der Waals surface area contributed by atoms with Gasteiger partial charge in [0.05, 0.1) is 23.5 Å². The second-order valence-electron chi connectivity index (χ2n) is 15.5. The van der Waals surface area contributed by atoms with E-state index in [1.165, 1.54) is 96.1 Å². The van der Waals surface area contributed by atoms with Crippen LogP contribution in [0.2, 0.25) is 0 Å². The first-order valence-electron chi connectivity index (χ1n) is 21.9. The van der Waals surface area contributed by atoms with Gasteiger partial charge in [-0.1, -0.05) is 119 Å². The van der Waals surface area contributed by atoms with Gasteiger partial charge in [-0.15, -0.1) is 0 Å². The van der Waals surface area contributed by atoms with Crippen LogP contribution in [0.5, 0.6) is 11.8 Å². The van der Waals surface area contributed by atoms with Crippen molar-refractivity contribution < 1.29 is 50.3 Å². The van der Waals surface area contributed by atoms with Crippen LogP contribution in [0.25, 0.3) is 0 Å². The Labute approximate surface area is 362 Å². The molecule has 1 aromatic carbocycles. The monoisotopic (exact) mass is 875 g/mol. The Balaban J connectivity index is 0.000000753. The van der Waals surface area contributed by atoms with E-state index in [0.717, 1.165) is 62.8 Å². The SMILES string of the molecule is CCCCCCCCCCCCCCCc1cc(OCC(COCC(CCCCCC[n+]2ccsc2)OC(C)=O)Oc2cc(C)on2)no1.Cc1ccc(S(=O)(=O)[O-])cc1. The number of aryl methyl sites for hydroxylation is 4. The average Bonchev–Trinajstić information content (AvgIpc) is 4.00. The molecule has 0 saturated heterocycles. The average molecular weight is 876 g/mol. The van der Waals surface area contributed by atoms with Gasteiger partial charge >= 0.3 is 5.97 Å². The van der Waals surface area contributed by atoms with Gasteiger partial charge in [-0.2, -0.15) is 4.57 Å². The second-order valence-corrected chi connectivity index (χ2v) is 17.6. The van der Waals surface area contributed by atoms with Crippen LogP contribution in [0.3, 0.4) is 0 Å². The first-order valence-corrected chi connectivity index (χ1v) is 24.2. The number of unbranched alkanes of at least 4 members (excludes halogenated alkanes) is 15. The van der Waals surface area contributed by atoms with Crippen LogP contribution >= 0.6 is 11.3 Å². The van der Waals surface area contributed by atoms with Crippen LogP contribution in [0.1, 0.15) is 147 Å². The maximum atomic E-state index is 11.8. The van der Waals surface area contributed by atoms with Crippen molar-refractivity contribution in [3.63, 3.8) is 0 Å². The highest BCUT2D eigenvalue weighted by Crippen LogP contribution is 2.19. The standard InChI is InChI=1S/C38H62N3O7S.C7H8O3S/c1-4-5-6-7-8-9-10-11-12-13-14-15-18-21-34-27-37(39-48-34)44-30-36(46-38-26-32(2)47-40-38)29-43-28-35(45-33(3)42)22-19-16-17-20-23-41-24-25-49-31-41;1-6-2-4-7(5-3-6)11(8,9)10/h24-27,31,35-36H,4-23,28-30H2,1-3H3;2-5H,1H3,(H,8,9,10)/q+1;/p-1. The zero-order chi connectivity index (χ0) is 43.3. The Bertz CT molecular complexity index is 1780. The minimum Gasteiger partial charge on any atom is -0.744 e. The van der Waals surface area contributed by atoms with Crippen molar-refractivity contribution in [3.05, 3.63) is 70.6 Å². The summed E-state index contributed by atoms with van der Waals surface area (Å²) in [6, 6.07) is 9.36. The molecule has 0 aliphatic heterocycles. The van der Waals surface area contributed by atoms with Crippen molar-refractivity contribution in [2.24, 2.45) is 0 Å². The van der Waals surface area contributed by atoms with Crippen LogP contribution in [0.15, 0.2) is 67.4 Å². The molecule has 2 atom stereocenters. The Kier molecular flexibility index (Phi) is 25.5. The third-order valence-corrected chi connectivity index (χ3v) is 11.4. The van der Waals surface area contributed by atoms with Gasteiger partial charge in [0.1, 0.15) is 40.9 Å². The lowest BCUT2D eigenvalue weighted by atomic mass is 10.0. The molecule has 336 valence electrons. The number of ether oxygens (including phenoxy) is 4. The van der Waals surface area contributed by atoms with Gasteiger partial charge < -0.3 is 32.5 Å². The number of carbonyl (C=O) groups excluding carboxylic acids is 1. The molecule has 15 heteroatoms. The second kappa shape index (κ2) is 30.3. The van der Waals surface area contributed by atoms with Crippen LogP contribution in [0, 0.1) is 13.8 Å². The lowest BCUT2D eigenvalue weighted by molar-refractivity contribution is -0.692. The lowest BCUT2D eigenvalue weighted by Gasteiger charge is -2.20. The molecule has 2 unspecified atom stereocenters. The quantitative estimate of drug-likeness (QED) is 0.0197. The molecule has 4 rings (SSSR count). The van der Waals surface area contributed by atoms with Crippen LogP contribution < -0.4 is 14.0 Å². The van der Waals surface area contributed by atoms with Crippen LogP contribution in [0.4, 0.5) is 0 Å². The fourth-order valence-corrected chi connectivity index (χ4v) is 7.62. The number of benzene rings is 1. The van der Waals surface area contributed by atoms with Crippen molar-refractivity contribution in [2.45, 2.75) is 173 Å². The third-order valence-electron chi connectivity index (χ3n) is 9.84. The number of hydrogen-bond donors (Lipinski definition) is 0. The van der Waals surface area contributed by atoms with Gasteiger partial charge in [0, 0.05) is 31.9 Å². The molecule has 0 aliphatic rings. The minimum atomic E-state index is -4.27. The largest absolute Gasteiger partial charge is 0.744 e. The number of esters is 1. The van der Waals surface area contributed by atoms with Gasteiger partial charge in [0.2, 0.25) is 5.51 Å². The number of hydrogen-bond acceptors (Lipinski definition) is 13. The van der Waals surface area contributed by atoms with E-state index in [9.17, 15) is 17.8 Å². The summed E-state index contributed by atoms with van der Waals surface area (Å²) >= 11 is 1.71. The molecular formula is C45H69N3O10S2. The Morgan fingerprint density at radius 2 is 1.40 bits per heavy atom. The number of thiazole rings is 1. The summed E-state index contributed by atoms with van der Waals surface area (Å²) in [4.78, 5) is 11.6. The fourth-order valence-electron chi connectivity index (χ4n) is 6.52. The molecule has 0 spiro atoms. The molecule has 60 heavy (non-hydrogen) atoms. The molecule has 0 fully saturated rings. The first-order chi connectivity index (χ1) is 29.0. The maximum absolute atomic E-state index is 11.8. The van der Waals surface area contributed by atoms with Gasteiger partial charge in [0.15, 0.2) is 12.3 Å². The summed E-state index contributed by atoms with van der Waals surface area (Å²) in [5, 5.41) is 10.1. The molecule has 0 amide bonds. The normalized spacial score (nSPS) is 12.4. The van der Waals surface area contributed by atoms with Gasteiger partial charge in [-0.3, -0.25) is 4.79 Å². The smallest absolute Gasteiger partial charge is 0.302 e. The van der Waals surface area contributed by atoms with E-state index in [2.05, 4.69) is 38.9 Å². The van der Waals surface area contributed by atoms with Crippen molar-refractivity contribution in [2.75, 3.05) is 19.8 Å². The first kappa shape index (κ1) is 50.6. The van der Waals surface area contributed by atoms with Gasteiger partial charge in [0.25, 0.3) is 11.8 Å². The molecule has 0 N–H and O–H groups in total. The van der Waals surface area contributed by atoms with E-state index >= 15 is 0 Å². The van der Waals surface area contributed by atoms with Crippen molar-refractivity contribution in [3.8, 4) is 11.8 Å². The number of carbonyl (C=O) groups is 1. The summed E-state index contributed by atoms with van der Waals surface area (Å²) in [5.74, 6) is 1.94. The zero-order valence-corrected chi connectivity index (χ0v) is 38.0. The van der Waals surface area contributed by atoms with Crippen molar-refractivity contribution in [1.29, 1.82) is 0 Å². The third kappa shape index (κ3) is 23.9. The highest BCUT2D eigenvalue weighted by atomic mass is 32.2. The van der Waals surface area contributed by atoms with E-state index in [-0.39, 0.29) is 36.8 Å². The fraction of sp³-hybridized carbons (Fsp3) is 0.644. The summed E-state index contributed by atoms with van der Waals surface area (Å²) in [5.41, 5.74) is 3.06. The highest BCUT2D eigenvalue weighted by Gasteiger charge is 2.19. The topological polar surface area (TPSA) is 167 Å².